The lowest BCUT2D eigenvalue weighted by atomic mass is 10.3. The van der Waals surface area contributed by atoms with Crippen molar-refractivity contribution in [2.24, 2.45) is 5.73 Å². The normalized spacial score (nSPS) is 11.9. The molecule has 16 heavy (non-hydrogen) atoms. The molecule has 0 fully saturated rings. The number of nitrogens with one attached hydrogen (secondary N) is 2. The van der Waals surface area contributed by atoms with E-state index in [1.54, 1.807) is 20.0 Å². The smallest absolute Gasteiger partial charge is 0.239 e. The van der Waals surface area contributed by atoms with Crippen LogP contribution in [0.25, 0.3) is 0 Å². The lowest BCUT2D eigenvalue weighted by molar-refractivity contribution is -0.118. The fourth-order valence-electron chi connectivity index (χ4n) is 1.15. The van der Waals surface area contributed by atoms with Crippen molar-refractivity contribution in [1.82, 2.24) is 9.97 Å². The van der Waals surface area contributed by atoms with Crippen molar-refractivity contribution >= 4 is 17.5 Å². The van der Waals surface area contributed by atoms with E-state index in [1.165, 1.54) is 0 Å². The monoisotopic (exact) mass is 223 g/mol. The van der Waals surface area contributed by atoms with Gasteiger partial charge in [-0.25, -0.2) is 9.97 Å². The molecule has 0 aromatic carbocycles. The standard InChI is InChI=1S/C10H17N5O/c1-4-7-14-8(12-3)5-9(15-7)13-6(2)10(11)16/h5-6H,4H2,1-3H3,(H2,11,16)(H2,12,13,14,15). The molecule has 1 aromatic heterocycles. The maximum Gasteiger partial charge on any atom is 0.239 e. The van der Waals surface area contributed by atoms with E-state index in [0.717, 1.165) is 6.42 Å². The van der Waals surface area contributed by atoms with Gasteiger partial charge in [0.05, 0.1) is 0 Å². The second-order valence-electron chi connectivity index (χ2n) is 3.43. The largest absolute Gasteiger partial charge is 0.373 e. The van der Waals surface area contributed by atoms with Crippen molar-refractivity contribution < 1.29 is 4.79 Å². The first-order valence-corrected chi connectivity index (χ1v) is 5.18. The van der Waals surface area contributed by atoms with Gasteiger partial charge in [0, 0.05) is 19.5 Å². The van der Waals surface area contributed by atoms with E-state index < -0.39 is 11.9 Å². The number of nitrogens with zero attached hydrogens (tertiary/aromatic N) is 2. The summed E-state index contributed by atoms with van der Waals surface area (Å²) in [6.07, 6.45) is 0.731. The molecule has 0 aliphatic rings. The third-order valence-electron chi connectivity index (χ3n) is 2.14. The number of carbonyl (C=O) groups excluding carboxylic acids is 1. The molecule has 6 heteroatoms. The molecule has 0 radical (unpaired) electrons. The molecule has 0 bridgehead atoms. The predicted octanol–water partition coefficient (Wildman–Crippen LogP) is 0.366. The summed E-state index contributed by atoms with van der Waals surface area (Å²) in [5, 5.41) is 5.86. The molecular formula is C10H17N5O. The van der Waals surface area contributed by atoms with Gasteiger partial charge in [-0.2, -0.15) is 0 Å². The maximum absolute atomic E-state index is 10.9. The summed E-state index contributed by atoms with van der Waals surface area (Å²) in [5.74, 6) is 1.61. The number of nitrogens with two attached hydrogens (primary N) is 1. The summed E-state index contributed by atoms with van der Waals surface area (Å²) >= 11 is 0. The minimum Gasteiger partial charge on any atom is -0.373 e. The van der Waals surface area contributed by atoms with Gasteiger partial charge in [0.1, 0.15) is 23.5 Å². The number of primary amides is 1. The van der Waals surface area contributed by atoms with Gasteiger partial charge in [-0.3, -0.25) is 4.79 Å². The van der Waals surface area contributed by atoms with Crippen LogP contribution in [0.15, 0.2) is 6.07 Å². The SMILES string of the molecule is CCc1nc(NC)cc(NC(C)C(N)=O)n1. The summed E-state index contributed by atoms with van der Waals surface area (Å²) < 4.78 is 0. The van der Waals surface area contributed by atoms with E-state index in [4.69, 9.17) is 5.73 Å². The molecule has 4 N–H and O–H groups in total. The first-order chi connectivity index (χ1) is 7.56. The quantitative estimate of drug-likeness (QED) is 0.670. The second kappa shape index (κ2) is 5.29. The average molecular weight is 223 g/mol. The van der Waals surface area contributed by atoms with E-state index >= 15 is 0 Å². The van der Waals surface area contributed by atoms with Crippen molar-refractivity contribution in [2.75, 3.05) is 17.7 Å². The fourth-order valence-corrected chi connectivity index (χ4v) is 1.15. The van der Waals surface area contributed by atoms with Crippen molar-refractivity contribution in [2.45, 2.75) is 26.3 Å². The Kier molecular flexibility index (Phi) is 4.04. The zero-order valence-electron chi connectivity index (χ0n) is 9.74. The highest BCUT2D eigenvalue weighted by Gasteiger charge is 2.10. The van der Waals surface area contributed by atoms with E-state index in [9.17, 15) is 4.79 Å². The van der Waals surface area contributed by atoms with Gasteiger partial charge in [-0.15, -0.1) is 0 Å². The van der Waals surface area contributed by atoms with Crippen LogP contribution in [0.5, 0.6) is 0 Å². The Balaban J connectivity index is 2.90. The number of hydrogen-bond donors (Lipinski definition) is 3. The second-order valence-corrected chi connectivity index (χ2v) is 3.43. The number of amides is 1. The molecule has 1 atom stereocenters. The minimum absolute atomic E-state index is 0.414. The number of aromatic nitrogens is 2. The average Bonchev–Trinajstić information content (AvgIpc) is 2.28. The molecule has 0 saturated carbocycles. The first kappa shape index (κ1) is 12.2. The summed E-state index contributed by atoms with van der Waals surface area (Å²) in [6, 6.07) is 1.28. The summed E-state index contributed by atoms with van der Waals surface area (Å²) in [6.45, 7) is 3.66. The molecule has 6 nitrogen and oxygen atoms in total. The molecule has 88 valence electrons. The molecule has 1 aromatic rings. The van der Waals surface area contributed by atoms with E-state index in [1.807, 2.05) is 6.92 Å². The Bertz CT molecular complexity index is 357. The number of carbonyl (C=O) groups is 1. The van der Waals surface area contributed by atoms with Gasteiger partial charge in [-0.1, -0.05) is 6.92 Å². The van der Waals surface area contributed by atoms with Crippen molar-refractivity contribution in [3.05, 3.63) is 11.9 Å². The van der Waals surface area contributed by atoms with Gasteiger partial charge in [0.15, 0.2) is 0 Å². The van der Waals surface area contributed by atoms with Gasteiger partial charge < -0.3 is 16.4 Å². The van der Waals surface area contributed by atoms with Gasteiger partial charge in [0.2, 0.25) is 5.91 Å². The number of hydrogen-bond acceptors (Lipinski definition) is 5. The highest BCUT2D eigenvalue weighted by molar-refractivity contribution is 5.82. The van der Waals surface area contributed by atoms with Crippen molar-refractivity contribution in [3.8, 4) is 0 Å². The Labute approximate surface area is 94.7 Å². The highest BCUT2D eigenvalue weighted by atomic mass is 16.1. The number of rotatable bonds is 5. The van der Waals surface area contributed by atoms with Crippen LogP contribution < -0.4 is 16.4 Å². The van der Waals surface area contributed by atoms with E-state index in [2.05, 4.69) is 20.6 Å². The maximum atomic E-state index is 10.9. The Morgan fingerprint density at radius 2 is 2.12 bits per heavy atom. The third-order valence-corrected chi connectivity index (χ3v) is 2.14. The molecular weight excluding hydrogens is 206 g/mol. The summed E-state index contributed by atoms with van der Waals surface area (Å²) in [4.78, 5) is 19.4. The van der Waals surface area contributed by atoms with E-state index in [0.29, 0.717) is 17.5 Å². The van der Waals surface area contributed by atoms with Gasteiger partial charge in [-0.05, 0) is 6.92 Å². The molecule has 0 aliphatic carbocycles. The van der Waals surface area contributed by atoms with Crippen LogP contribution in [-0.4, -0.2) is 29.0 Å². The molecule has 1 rings (SSSR count). The topological polar surface area (TPSA) is 92.9 Å². The summed E-state index contributed by atoms with van der Waals surface area (Å²) in [5.41, 5.74) is 5.16. The molecule has 0 aliphatic heterocycles. The van der Waals surface area contributed by atoms with Crippen LogP contribution >= 0.6 is 0 Å². The predicted molar refractivity (Wildman–Crippen MR) is 63.2 cm³/mol. The minimum atomic E-state index is -0.454. The molecule has 0 spiro atoms. The third kappa shape index (κ3) is 3.08. The van der Waals surface area contributed by atoms with Crippen LogP contribution in [0.2, 0.25) is 0 Å². The van der Waals surface area contributed by atoms with Crippen LogP contribution in [0.1, 0.15) is 19.7 Å². The summed E-state index contributed by atoms with van der Waals surface area (Å²) in [7, 11) is 1.78. The highest BCUT2D eigenvalue weighted by Crippen LogP contribution is 2.12. The van der Waals surface area contributed by atoms with Crippen LogP contribution in [0.3, 0.4) is 0 Å². The van der Waals surface area contributed by atoms with Gasteiger partial charge in [0.25, 0.3) is 0 Å². The molecule has 1 amide bonds. The van der Waals surface area contributed by atoms with Crippen molar-refractivity contribution in [1.29, 1.82) is 0 Å². The Morgan fingerprint density at radius 3 is 2.62 bits per heavy atom. The zero-order valence-corrected chi connectivity index (χ0v) is 9.74. The van der Waals surface area contributed by atoms with Crippen LogP contribution in [0, 0.1) is 0 Å². The lowest BCUT2D eigenvalue weighted by Gasteiger charge is -2.12. The van der Waals surface area contributed by atoms with Crippen LogP contribution in [-0.2, 0) is 11.2 Å². The molecule has 1 unspecified atom stereocenters. The lowest BCUT2D eigenvalue weighted by Crippen LogP contribution is -2.32. The zero-order chi connectivity index (χ0) is 12.1. The Morgan fingerprint density at radius 1 is 1.50 bits per heavy atom. The fraction of sp³-hybridized carbons (Fsp3) is 0.500. The van der Waals surface area contributed by atoms with E-state index in [-0.39, 0.29) is 0 Å². The first-order valence-electron chi connectivity index (χ1n) is 5.18. The Hall–Kier alpha value is -1.85. The molecule has 1 heterocycles. The number of anilines is 2. The van der Waals surface area contributed by atoms with Crippen molar-refractivity contribution in [3.63, 3.8) is 0 Å². The van der Waals surface area contributed by atoms with Crippen LogP contribution in [0.4, 0.5) is 11.6 Å². The van der Waals surface area contributed by atoms with Gasteiger partial charge >= 0.3 is 0 Å². The molecule has 0 saturated heterocycles. The number of aryl methyl sites for hydroxylation is 1.